The molecular weight excluding hydrogens is 424 g/mol. The van der Waals surface area contributed by atoms with Gasteiger partial charge in [-0.25, -0.2) is 0 Å². The van der Waals surface area contributed by atoms with Crippen molar-refractivity contribution in [3.05, 3.63) is 43.3 Å². The lowest BCUT2D eigenvalue weighted by atomic mass is 10.3. The van der Waals surface area contributed by atoms with E-state index in [1.165, 1.54) is 23.0 Å². The van der Waals surface area contributed by atoms with Crippen molar-refractivity contribution in [1.29, 1.82) is 5.26 Å². The van der Waals surface area contributed by atoms with E-state index in [4.69, 9.17) is 5.26 Å². The molecule has 0 spiro atoms. The Labute approximate surface area is 140 Å². The van der Waals surface area contributed by atoms with Crippen molar-refractivity contribution in [2.75, 3.05) is 5.32 Å². The molecule has 0 radical (unpaired) electrons. The molecule has 22 heavy (non-hydrogen) atoms. The molecule has 112 valence electrons. The first kappa shape index (κ1) is 16.1. The summed E-state index contributed by atoms with van der Waals surface area (Å²) in [6.07, 6.45) is 1.26. The minimum atomic E-state index is -0.544. The van der Waals surface area contributed by atoms with Gasteiger partial charge < -0.3 is 5.32 Å². The number of amides is 1. The zero-order valence-electron chi connectivity index (χ0n) is 10.7. The van der Waals surface area contributed by atoms with Gasteiger partial charge >= 0.3 is 0 Å². The first-order valence-corrected chi connectivity index (χ1v) is 7.22. The molecule has 2 rings (SSSR count). The van der Waals surface area contributed by atoms with E-state index in [1.807, 2.05) is 0 Å². The number of rotatable bonds is 4. The summed E-state index contributed by atoms with van der Waals surface area (Å²) in [6, 6.07) is 4.36. The highest BCUT2D eigenvalue weighted by Crippen LogP contribution is 2.35. The van der Waals surface area contributed by atoms with Crippen molar-refractivity contribution in [1.82, 2.24) is 14.8 Å². The molecule has 1 heterocycles. The van der Waals surface area contributed by atoms with Crippen LogP contribution in [0, 0.1) is 21.4 Å². The number of carbonyl (C=O) groups excluding carboxylic acids is 1. The van der Waals surface area contributed by atoms with Crippen LogP contribution >= 0.6 is 31.9 Å². The van der Waals surface area contributed by atoms with E-state index in [1.54, 1.807) is 6.07 Å². The van der Waals surface area contributed by atoms with Crippen LogP contribution in [0.15, 0.2) is 27.4 Å². The van der Waals surface area contributed by atoms with Gasteiger partial charge in [0.05, 0.1) is 10.6 Å². The number of hydrogen-bond donors (Lipinski definition) is 1. The average Bonchev–Trinajstić information content (AvgIpc) is 2.89. The predicted molar refractivity (Wildman–Crippen MR) is 81.9 cm³/mol. The second-order valence-corrected chi connectivity index (χ2v) is 5.69. The van der Waals surface area contributed by atoms with Crippen LogP contribution in [0.1, 0.15) is 5.82 Å². The lowest BCUT2D eigenvalue weighted by molar-refractivity contribution is -0.385. The van der Waals surface area contributed by atoms with E-state index in [-0.39, 0.29) is 18.1 Å². The van der Waals surface area contributed by atoms with E-state index in [0.717, 1.165) is 0 Å². The number of nitro benzene ring substituents is 1. The third kappa shape index (κ3) is 3.46. The molecule has 1 amide bonds. The maximum atomic E-state index is 12.0. The second kappa shape index (κ2) is 6.63. The van der Waals surface area contributed by atoms with E-state index in [0.29, 0.717) is 14.6 Å². The number of anilines is 1. The molecule has 0 aliphatic rings. The van der Waals surface area contributed by atoms with Gasteiger partial charge in [0.25, 0.3) is 5.69 Å². The van der Waals surface area contributed by atoms with Gasteiger partial charge in [-0.3, -0.25) is 19.5 Å². The molecule has 0 saturated heterocycles. The Kier molecular flexibility index (Phi) is 4.84. The lowest BCUT2D eigenvalue weighted by Gasteiger charge is -2.10. The SMILES string of the molecule is N#Cc1nncn1CC(=O)Nc1c(Br)cc([N+](=O)[O-])cc1Br. The lowest BCUT2D eigenvalue weighted by Crippen LogP contribution is -2.19. The van der Waals surface area contributed by atoms with Crippen LogP contribution in [0.25, 0.3) is 0 Å². The summed E-state index contributed by atoms with van der Waals surface area (Å²) in [7, 11) is 0. The van der Waals surface area contributed by atoms with Crippen LogP contribution in [-0.2, 0) is 11.3 Å². The van der Waals surface area contributed by atoms with Crippen molar-refractivity contribution in [3.8, 4) is 6.07 Å². The van der Waals surface area contributed by atoms with Crippen LogP contribution in [0.3, 0.4) is 0 Å². The topological polar surface area (TPSA) is 127 Å². The molecule has 0 aliphatic heterocycles. The molecule has 1 aromatic carbocycles. The van der Waals surface area contributed by atoms with Crippen LogP contribution in [0.2, 0.25) is 0 Å². The van der Waals surface area contributed by atoms with Crippen LogP contribution in [0.5, 0.6) is 0 Å². The highest BCUT2D eigenvalue weighted by Gasteiger charge is 2.16. The van der Waals surface area contributed by atoms with Gasteiger partial charge in [0.15, 0.2) is 0 Å². The van der Waals surface area contributed by atoms with Gasteiger partial charge in [-0.2, -0.15) is 5.26 Å². The van der Waals surface area contributed by atoms with Crippen LogP contribution < -0.4 is 5.32 Å². The van der Waals surface area contributed by atoms with E-state index < -0.39 is 10.8 Å². The summed E-state index contributed by atoms with van der Waals surface area (Å²) in [5.74, 6) is -0.427. The molecule has 0 unspecified atom stereocenters. The Morgan fingerprint density at radius 3 is 2.64 bits per heavy atom. The van der Waals surface area contributed by atoms with Gasteiger partial charge in [0.2, 0.25) is 11.7 Å². The minimum absolute atomic E-state index is 0.0111. The summed E-state index contributed by atoms with van der Waals surface area (Å²) < 4.78 is 1.99. The smallest absolute Gasteiger partial charge is 0.271 e. The van der Waals surface area contributed by atoms with Crippen molar-refractivity contribution >= 4 is 49.1 Å². The number of benzene rings is 1. The molecule has 0 saturated carbocycles. The quantitative estimate of drug-likeness (QED) is 0.586. The monoisotopic (exact) mass is 428 g/mol. The normalized spacial score (nSPS) is 10.0. The van der Waals surface area contributed by atoms with Gasteiger partial charge in [-0.15, -0.1) is 10.2 Å². The fourth-order valence-corrected chi connectivity index (χ4v) is 2.94. The largest absolute Gasteiger partial charge is 0.323 e. The number of non-ortho nitro benzene ring substituents is 1. The molecule has 1 N–H and O–H groups in total. The van der Waals surface area contributed by atoms with Gasteiger partial charge in [-0.05, 0) is 31.9 Å². The molecule has 0 fully saturated rings. The van der Waals surface area contributed by atoms with Crippen molar-refractivity contribution in [3.63, 3.8) is 0 Å². The maximum Gasteiger partial charge on any atom is 0.271 e. The molecule has 0 bridgehead atoms. The first-order chi connectivity index (χ1) is 10.4. The molecule has 0 atom stereocenters. The number of halogens is 2. The first-order valence-electron chi connectivity index (χ1n) is 5.63. The maximum absolute atomic E-state index is 12.0. The number of hydrogen-bond acceptors (Lipinski definition) is 6. The highest BCUT2D eigenvalue weighted by atomic mass is 79.9. The highest BCUT2D eigenvalue weighted by molar-refractivity contribution is 9.11. The summed E-state index contributed by atoms with van der Waals surface area (Å²) >= 11 is 6.34. The van der Waals surface area contributed by atoms with Gasteiger partial charge in [0.1, 0.15) is 18.9 Å². The Morgan fingerprint density at radius 2 is 2.09 bits per heavy atom. The van der Waals surface area contributed by atoms with Crippen molar-refractivity contribution in [2.24, 2.45) is 0 Å². The van der Waals surface area contributed by atoms with Crippen LogP contribution in [-0.4, -0.2) is 25.6 Å². The summed E-state index contributed by atoms with van der Waals surface area (Å²) in [6.45, 7) is -0.161. The zero-order valence-corrected chi connectivity index (χ0v) is 13.8. The molecule has 2 aromatic rings. The second-order valence-electron chi connectivity index (χ2n) is 3.98. The minimum Gasteiger partial charge on any atom is -0.323 e. The average molecular weight is 430 g/mol. The van der Waals surface area contributed by atoms with E-state index >= 15 is 0 Å². The number of nitrogens with one attached hydrogen (secondary N) is 1. The van der Waals surface area contributed by atoms with E-state index in [2.05, 4.69) is 47.4 Å². The number of carbonyl (C=O) groups is 1. The number of nitriles is 1. The standard InChI is InChI=1S/C11H6Br2N6O3/c12-7-1-6(19(21)22)2-8(13)11(7)16-10(20)4-18-5-15-17-9(18)3-14/h1-2,5H,4H2,(H,16,20). The fraction of sp³-hybridized carbons (Fsp3) is 0.0909. The number of nitrogens with zero attached hydrogens (tertiary/aromatic N) is 5. The summed E-state index contributed by atoms with van der Waals surface area (Å²) in [5.41, 5.74) is 0.226. The van der Waals surface area contributed by atoms with Crippen molar-refractivity contribution < 1.29 is 9.72 Å². The van der Waals surface area contributed by atoms with Gasteiger partial charge in [0, 0.05) is 21.1 Å². The Balaban J connectivity index is 2.19. The van der Waals surface area contributed by atoms with Crippen molar-refractivity contribution in [2.45, 2.75) is 6.54 Å². The summed E-state index contributed by atoms with van der Waals surface area (Å²) in [5, 5.41) is 29.2. The van der Waals surface area contributed by atoms with Gasteiger partial charge in [-0.1, -0.05) is 0 Å². The fourth-order valence-electron chi connectivity index (χ4n) is 1.58. The van der Waals surface area contributed by atoms with E-state index in [9.17, 15) is 14.9 Å². The Bertz CT molecular complexity index is 774. The van der Waals surface area contributed by atoms with Crippen LogP contribution in [0.4, 0.5) is 11.4 Å². The molecule has 0 aliphatic carbocycles. The number of nitro groups is 1. The third-order valence-corrected chi connectivity index (χ3v) is 3.78. The summed E-state index contributed by atoms with van der Waals surface area (Å²) in [4.78, 5) is 22.2. The Morgan fingerprint density at radius 1 is 1.45 bits per heavy atom. The zero-order chi connectivity index (χ0) is 16.3. The molecule has 11 heteroatoms. The Hall–Kier alpha value is -2.32. The molecule has 1 aromatic heterocycles. The molecule has 9 nitrogen and oxygen atoms in total. The third-order valence-electron chi connectivity index (χ3n) is 2.53. The predicted octanol–water partition coefficient (Wildman–Crippen LogP) is 2.22. The number of aromatic nitrogens is 3. The molecular formula is C11H6Br2N6O3.